The smallest absolute Gasteiger partial charge is 0.235 e. The molecule has 7 heteroatoms. The maximum Gasteiger partial charge on any atom is 0.235 e. The van der Waals surface area contributed by atoms with Gasteiger partial charge >= 0.3 is 0 Å². The highest BCUT2D eigenvalue weighted by Gasteiger charge is 2.29. The number of aryl methyl sites for hydroxylation is 1. The summed E-state index contributed by atoms with van der Waals surface area (Å²) in [6.07, 6.45) is 1.59. The van der Waals surface area contributed by atoms with E-state index in [1.807, 2.05) is 19.0 Å². The molecule has 134 valence electrons. The predicted octanol–water partition coefficient (Wildman–Crippen LogP) is 1.00. The van der Waals surface area contributed by atoms with Crippen molar-refractivity contribution in [3.05, 3.63) is 35.4 Å². The topological polar surface area (TPSA) is 69.7 Å². The SMILES string of the molecule is CCc1ccc(C(CNC(=O)CN2CCCS2(=O)=O)N(C)C)cc1. The fourth-order valence-electron chi connectivity index (χ4n) is 2.87. The highest BCUT2D eigenvalue weighted by atomic mass is 32.2. The second kappa shape index (κ2) is 8.09. The zero-order chi connectivity index (χ0) is 17.7. The zero-order valence-electron chi connectivity index (χ0n) is 14.7. The molecule has 2 rings (SSSR count). The van der Waals surface area contributed by atoms with E-state index in [2.05, 4.69) is 36.5 Å². The molecular formula is C17H27N3O3S. The number of nitrogens with zero attached hydrogens (tertiary/aromatic N) is 2. The number of hydrogen-bond acceptors (Lipinski definition) is 4. The summed E-state index contributed by atoms with van der Waals surface area (Å²) in [6, 6.07) is 8.42. The second-order valence-corrected chi connectivity index (χ2v) is 8.47. The number of carbonyl (C=O) groups excluding carboxylic acids is 1. The Morgan fingerprint density at radius 3 is 2.46 bits per heavy atom. The monoisotopic (exact) mass is 353 g/mol. The van der Waals surface area contributed by atoms with Crippen molar-refractivity contribution in [1.82, 2.24) is 14.5 Å². The van der Waals surface area contributed by atoms with Crippen LogP contribution >= 0.6 is 0 Å². The van der Waals surface area contributed by atoms with Crippen LogP contribution in [0.15, 0.2) is 24.3 Å². The standard InChI is InChI=1S/C17H27N3O3S/c1-4-14-6-8-15(9-7-14)16(19(2)3)12-18-17(21)13-20-10-5-11-24(20,22)23/h6-9,16H,4-5,10-13H2,1-3H3,(H,18,21). The van der Waals surface area contributed by atoms with Crippen molar-refractivity contribution >= 4 is 15.9 Å². The molecule has 0 spiro atoms. The van der Waals surface area contributed by atoms with Crippen molar-refractivity contribution in [3.8, 4) is 0 Å². The van der Waals surface area contributed by atoms with E-state index in [0.717, 1.165) is 12.0 Å². The maximum atomic E-state index is 12.1. The summed E-state index contributed by atoms with van der Waals surface area (Å²) in [4.78, 5) is 14.2. The van der Waals surface area contributed by atoms with Crippen molar-refractivity contribution in [2.75, 3.05) is 39.5 Å². The molecule has 1 aromatic carbocycles. The normalized spacial score (nSPS) is 18.7. The van der Waals surface area contributed by atoms with Crippen LogP contribution in [0, 0.1) is 0 Å². The molecule has 1 fully saturated rings. The quantitative estimate of drug-likeness (QED) is 0.794. The van der Waals surface area contributed by atoms with E-state index >= 15 is 0 Å². The molecule has 1 heterocycles. The molecule has 0 aliphatic carbocycles. The number of likely N-dealkylation sites (N-methyl/N-ethyl adjacent to an activating group) is 1. The molecule has 6 nitrogen and oxygen atoms in total. The minimum absolute atomic E-state index is 0.0510. The van der Waals surface area contributed by atoms with Crippen molar-refractivity contribution in [2.24, 2.45) is 0 Å². The zero-order valence-corrected chi connectivity index (χ0v) is 15.5. The number of amides is 1. The molecule has 1 saturated heterocycles. The Morgan fingerprint density at radius 2 is 1.96 bits per heavy atom. The first-order valence-electron chi connectivity index (χ1n) is 8.33. The highest BCUT2D eigenvalue weighted by molar-refractivity contribution is 7.89. The first-order chi connectivity index (χ1) is 11.3. The van der Waals surface area contributed by atoms with Gasteiger partial charge in [0, 0.05) is 13.1 Å². The first-order valence-corrected chi connectivity index (χ1v) is 9.94. The van der Waals surface area contributed by atoms with Crippen molar-refractivity contribution in [2.45, 2.75) is 25.8 Å². The summed E-state index contributed by atoms with van der Waals surface area (Å²) in [5.74, 6) is -0.109. The molecular weight excluding hydrogens is 326 g/mol. The Morgan fingerprint density at radius 1 is 1.29 bits per heavy atom. The van der Waals surface area contributed by atoms with Crippen LogP contribution in [0.5, 0.6) is 0 Å². The lowest BCUT2D eigenvalue weighted by atomic mass is 10.0. The van der Waals surface area contributed by atoms with Crippen LogP contribution in [0.4, 0.5) is 0 Å². The molecule has 0 radical (unpaired) electrons. The number of sulfonamides is 1. The van der Waals surface area contributed by atoms with Gasteiger partial charge in [0.2, 0.25) is 15.9 Å². The minimum atomic E-state index is -3.23. The van der Waals surface area contributed by atoms with E-state index in [1.54, 1.807) is 0 Å². The third kappa shape index (κ3) is 4.78. The molecule has 1 aliphatic heterocycles. The van der Waals surface area contributed by atoms with Crippen LogP contribution in [-0.4, -0.2) is 63.0 Å². The highest BCUT2D eigenvalue weighted by Crippen LogP contribution is 2.18. The molecule has 1 N–H and O–H groups in total. The molecule has 1 amide bonds. The molecule has 1 aliphatic rings. The van der Waals surface area contributed by atoms with Gasteiger partial charge in [-0.25, -0.2) is 8.42 Å². The number of carbonyl (C=O) groups is 1. The van der Waals surface area contributed by atoms with E-state index in [-0.39, 0.29) is 24.2 Å². The predicted molar refractivity (Wildman–Crippen MR) is 95.2 cm³/mol. The summed E-state index contributed by atoms with van der Waals surface area (Å²) < 4.78 is 24.8. The van der Waals surface area contributed by atoms with Gasteiger partial charge in [0.1, 0.15) is 0 Å². The van der Waals surface area contributed by atoms with Crippen LogP contribution < -0.4 is 5.32 Å². The lowest BCUT2D eigenvalue weighted by Gasteiger charge is -2.25. The molecule has 0 bridgehead atoms. The number of rotatable bonds is 7. The molecule has 1 unspecified atom stereocenters. The second-order valence-electron chi connectivity index (χ2n) is 6.38. The Bertz CT molecular complexity index is 656. The largest absolute Gasteiger partial charge is 0.353 e. The molecule has 0 saturated carbocycles. The number of benzene rings is 1. The van der Waals surface area contributed by atoms with Crippen LogP contribution in [0.3, 0.4) is 0 Å². The summed E-state index contributed by atoms with van der Waals surface area (Å²) in [5, 5.41) is 2.87. The van der Waals surface area contributed by atoms with Crippen LogP contribution in [-0.2, 0) is 21.2 Å². The van der Waals surface area contributed by atoms with Crippen LogP contribution in [0.1, 0.15) is 30.5 Å². The van der Waals surface area contributed by atoms with Gasteiger partial charge in [0.05, 0.1) is 18.3 Å². The van der Waals surface area contributed by atoms with E-state index < -0.39 is 10.0 Å². The van der Waals surface area contributed by atoms with Gasteiger partial charge in [-0.05, 0) is 38.1 Å². The Balaban J connectivity index is 1.94. The van der Waals surface area contributed by atoms with Crippen molar-refractivity contribution in [1.29, 1.82) is 0 Å². The fraction of sp³-hybridized carbons (Fsp3) is 0.588. The third-order valence-electron chi connectivity index (χ3n) is 4.41. The Hall–Kier alpha value is -1.44. The molecule has 0 aromatic heterocycles. The van der Waals surface area contributed by atoms with E-state index in [0.29, 0.717) is 19.5 Å². The van der Waals surface area contributed by atoms with Crippen LogP contribution in [0.25, 0.3) is 0 Å². The van der Waals surface area contributed by atoms with E-state index in [9.17, 15) is 13.2 Å². The lowest BCUT2D eigenvalue weighted by Crippen LogP contribution is -2.41. The van der Waals surface area contributed by atoms with E-state index in [4.69, 9.17) is 0 Å². The van der Waals surface area contributed by atoms with Crippen molar-refractivity contribution in [3.63, 3.8) is 0 Å². The number of nitrogens with one attached hydrogen (secondary N) is 1. The summed E-state index contributed by atoms with van der Waals surface area (Å²) in [6.45, 7) is 2.92. The van der Waals surface area contributed by atoms with Gasteiger partial charge < -0.3 is 10.2 Å². The van der Waals surface area contributed by atoms with Crippen molar-refractivity contribution < 1.29 is 13.2 Å². The molecule has 1 aromatic rings. The summed E-state index contributed by atoms with van der Waals surface area (Å²) in [5.41, 5.74) is 2.41. The Labute approximate surface area is 144 Å². The minimum Gasteiger partial charge on any atom is -0.353 e. The third-order valence-corrected chi connectivity index (χ3v) is 6.31. The van der Waals surface area contributed by atoms with Gasteiger partial charge in [0.15, 0.2) is 0 Å². The number of hydrogen-bond donors (Lipinski definition) is 1. The first kappa shape index (κ1) is 18.9. The average Bonchev–Trinajstić information content (AvgIpc) is 2.86. The van der Waals surface area contributed by atoms with Gasteiger partial charge in [-0.3, -0.25) is 4.79 Å². The Kier molecular flexibility index (Phi) is 6.37. The maximum absolute atomic E-state index is 12.1. The average molecular weight is 353 g/mol. The van der Waals surface area contributed by atoms with Crippen LogP contribution in [0.2, 0.25) is 0 Å². The molecule has 24 heavy (non-hydrogen) atoms. The molecule has 1 atom stereocenters. The summed E-state index contributed by atoms with van der Waals surface area (Å²) in [7, 11) is 0.701. The van der Waals surface area contributed by atoms with Gasteiger partial charge in [-0.15, -0.1) is 0 Å². The fourth-order valence-corrected chi connectivity index (χ4v) is 4.34. The van der Waals surface area contributed by atoms with Gasteiger partial charge in [0.25, 0.3) is 0 Å². The lowest BCUT2D eigenvalue weighted by molar-refractivity contribution is -0.121. The van der Waals surface area contributed by atoms with Gasteiger partial charge in [-0.2, -0.15) is 4.31 Å². The van der Waals surface area contributed by atoms with Gasteiger partial charge in [-0.1, -0.05) is 31.2 Å². The summed E-state index contributed by atoms with van der Waals surface area (Å²) >= 11 is 0. The van der Waals surface area contributed by atoms with E-state index in [1.165, 1.54) is 9.87 Å².